The molecular weight excluding hydrogens is 1200 g/mol. The number of Topliss-reactive ketones (excluding diaryl/α,β-unsaturated/α-hetero) is 1. The quantitative estimate of drug-likeness (QED) is 0.0801. The Kier molecular flexibility index (Phi) is 27.4. The van der Waals surface area contributed by atoms with Gasteiger partial charge in [-0.2, -0.15) is 0 Å². The van der Waals surface area contributed by atoms with E-state index in [1.807, 2.05) is 0 Å². The van der Waals surface area contributed by atoms with E-state index in [0.29, 0.717) is 22.1 Å². The van der Waals surface area contributed by atoms with Gasteiger partial charge in [0, 0.05) is 25.9 Å². The van der Waals surface area contributed by atoms with Gasteiger partial charge in [-0.1, -0.05) is 56.8 Å². The van der Waals surface area contributed by atoms with E-state index in [0.717, 1.165) is 21.1 Å². The van der Waals surface area contributed by atoms with Crippen molar-refractivity contribution in [3.8, 4) is 0 Å². The minimum atomic E-state index is -0.922. The number of halogens is 5. The molecular formula is C25H41BrI4N6O7S2V-. The number of carbonyl (C=O) groups excluding carboxylic acids is 5. The van der Waals surface area contributed by atoms with Crippen molar-refractivity contribution in [2.75, 3.05) is 23.3 Å². The number of nitrogens with two attached hydrogens (primary N) is 3. The number of ether oxygens (including phenoxy) is 2. The average molecular weight is 1240 g/mol. The number of piperidine rings is 1. The molecule has 46 heavy (non-hydrogen) atoms. The molecule has 3 rings (SSSR count). The van der Waals surface area contributed by atoms with Crippen LogP contribution in [0.2, 0.25) is 0 Å². The summed E-state index contributed by atoms with van der Waals surface area (Å²) in [6.07, 6.45) is -0.630. The topological polar surface area (TPSA) is 201 Å². The van der Waals surface area contributed by atoms with Crippen LogP contribution in [0.25, 0.3) is 0 Å². The molecule has 0 saturated carbocycles. The molecule has 21 heteroatoms. The van der Waals surface area contributed by atoms with Crippen LogP contribution in [0.3, 0.4) is 0 Å². The van der Waals surface area contributed by atoms with E-state index in [1.54, 1.807) is 41.5 Å². The Morgan fingerprint density at radius 1 is 1.00 bits per heavy atom. The Morgan fingerprint density at radius 2 is 1.37 bits per heavy atom. The van der Waals surface area contributed by atoms with Crippen molar-refractivity contribution in [3.63, 3.8) is 0 Å². The van der Waals surface area contributed by atoms with E-state index in [9.17, 15) is 24.0 Å². The number of hydrogen-bond donors (Lipinski definition) is 3. The van der Waals surface area contributed by atoms with Gasteiger partial charge in [0.15, 0.2) is 20.9 Å². The second kappa shape index (κ2) is 24.7. The number of aromatic nitrogens is 1. The number of fused-ring (bicyclic) bond motifs is 1. The molecule has 0 bridgehead atoms. The van der Waals surface area contributed by atoms with Gasteiger partial charge >= 0.3 is 77.0 Å². The number of thiazole rings is 1. The van der Waals surface area contributed by atoms with Gasteiger partial charge in [-0.05, 0) is 58.2 Å². The Hall–Kier alpha value is 0.654. The maximum atomic E-state index is 12.1. The molecule has 1 fully saturated rings. The summed E-state index contributed by atoms with van der Waals surface area (Å²) >= 11 is 17.8. The normalized spacial score (nSPS) is 15.5. The van der Waals surface area contributed by atoms with E-state index in [2.05, 4.69) is 134 Å². The van der Waals surface area contributed by atoms with E-state index >= 15 is 0 Å². The van der Waals surface area contributed by atoms with Crippen LogP contribution in [0.4, 0.5) is 14.7 Å². The van der Waals surface area contributed by atoms with Gasteiger partial charge in [-0.15, -0.1) is 0 Å². The van der Waals surface area contributed by atoms with Crippen LogP contribution >= 0.6 is 122 Å². The fourth-order valence-corrected chi connectivity index (χ4v) is 4.18. The van der Waals surface area contributed by atoms with Gasteiger partial charge in [-0.25, -0.2) is 24.4 Å². The van der Waals surface area contributed by atoms with Gasteiger partial charge < -0.3 is 34.1 Å². The van der Waals surface area contributed by atoms with Gasteiger partial charge in [0.1, 0.15) is 16.1 Å². The molecule has 1 saturated heterocycles. The van der Waals surface area contributed by atoms with Gasteiger partial charge in [-0.3, -0.25) is 14.4 Å². The fourth-order valence-electron chi connectivity index (χ4n) is 2.87. The number of imide groups is 2. The van der Waals surface area contributed by atoms with Crippen molar-refractivity contribution in [2.24, 2.45) is 11.5 Å². The standard InChI is InChI=1S/C11H15N3O3S.C10H14BrNO4.C2H5I.CH4N2S.CH3.3HI.V/c1-11(2,3)17-10(16)14-5-4-6-7(8(14)15)18-9(12)13-6;1-10(2,3)16-9(15)12-5-4-6(13)7(11)8(12)14;1-2-3;2-1(3)4;;;;;/h4-5H2,1-3H3,(H2,12,13);7H,4-5H2,1-3H3;2H2,1H3;(H4,2,3,4);1H3;3*1H;/q;;;;-1;;;;+3/p-3. The van der Waals surface area contributed by atoms with Gasteiger partial charge in [0.25, 0.3) is 11.8 Å². The van der Waals surface area contributed by atoms with E-state index < -0.39 is 34.1 Å². The molecule has 13 nitrogen and oxygen atoms in total. The third kappa shape index (κ3) is 23.1. The molecule has 1 aromatic heterocycles. The first-order valence-electron chi connectivity index (χ1n) is 12.8. The molecule has 0 radical (unpaired) electrons. The number of thiocarbonyl (C=S) groups is 1. The molecule has 3 heterocycles. The van der Waals surface area contributed by atoms with Crippen LogP contribution in [0.15, 0.2) is 0 Å². The molecule has 0 aliphatic carbocycles. The van der Waals surface area contributed by atoms with Crippen molar-refractivity contribution in [2.45, 2.75) is 77.3 Å². The zero-order valence-corrected chi connectivity index (χ0v) is 39.9. The molecule has 2 aliphatic rings. The number of ketones is 1. The average Bonchev–Trinajstić information content (AvgIpc) is 3.22. The molecule has 266 valence electrons. The number of amides is 4. The van der Waals surface area contributed by atoms with Crippen molar-refractivity contribution < 1.29 is 38.4 Å². The Bertz CT molecular complexity index is 1180. The van der Waals surface area contributed by atoms with E-state index in [4.69, 9.17) is 15.2 Å². The molecule has 1 unspecified atom stereocenters. The number of carbonyl (C=O) groups is 5. The predicted octanol–water partition coefficient (Wildman–Crippen LogP) is 6.88. The van der Waals surface area contributed by atoms with Crippen molar-refractivity contribution in [1.82, 2.24) is 14.8 Å². The zero-order valence-electron chi connectivity index (χ0n) is 26.7. The van der Waals surface area contributed by atoms with E-state index in [1.165, 1.54) is 4.43 Å². The second-order valence-electron chi connectivity index (χ2n) is 10.4. The number of hydrogen-bond acceptors (Lipinski definition) is 11. The van der Waals surface area contributed by atoms with Gasteiger partial charge in [0.2, 0.25) is 0 Å². The summed E-state index contributed by atoms with van der Waals surface area (Å²) in [5.41, 5.74) is 14.2. The summed E-state index contributed by atoms with van der Waals surface area (Å²) in [5, 5.41) is 0.347. The van der Waals surface area contributed by atoms with Crippen LogP contribution < -0.4 is 17.2 Å². The van der Waals surface area contributed by atoms with Crippen LogP contribution in [-0.4, -0.2) is 83.2 Å². The number of nitrogens with zero attached hydrogens (tertiary/aromatic N) is 3. The molecule has 6 N–H and O–H groups in total. The number of anilines is 1. The zero-order chi connectivity index (χ0) is 35.9. The van der Waals surface area contributed by atoms with Crippen LogP contribution in [0, 0.1) is 7.43 Å². The first kappa shape index (κ1) is 51.0. The van der Waals surface area contributed by atoms with Gasteiger partial charge in [0.05, 0.1) is 5.69 Å². The third-order valence-electron chi connectivity index (χ3n) is 4.30. The molecule has 2 aliphatic heterocycles. The van der Waals surface area contributed by atoms with Crippen molar-refractivity contribution in [1.29, 1.82) is 0 Å². The first-order chi connectivity index (χ1) is 20.4. The minimum absolute atomic E-state index is 0. The number of likely N-dealkylation sites (tertiary alicyclic amines) is 1. The predicted molar refractivity (Wildman–Crippen MR) is 222 cm³/mol. The number of alkyl halides is 2. The number of nitrogen functional groups attached to an aromatic ring is 1. The Labute approximate surface area is 340 Å². The van der Waals surface area contributed by atoms with Crippen LogP contribution in [0.5, 0.6) is 0 Å². The summed E-state index contributed by atoms with van der Waals surface area (Å²) in [6.45, 7) is 12.9. The summed E-state index contributed by atoms with van der Waals surface area (Å²) in [6, 6.07) is 0. The fraction of sp³-hybridized carbons (Fsp3) is 0.600. The van der Waals surface area contributed by atoms with E-state index in [-0.39, 0.29) is 48.7 Å². The summed E-state index contributed by atoms with van der Waals surface area (Å²) in [4.78, 5) is 63.8. The molecule has 0 aromatic carbocycles. The monoisotopic (exact) mass is 1240 g/mol. The SMILES string of the molecule is CC(C)(C)OC(=O)N1CCC(=O)C(Br)C1=O.CC(C)(C)OC(=O)N1CCc2nc(N)sc2C1=O.CCI.NC(N)=S.[CH3-].[I][V]([I])[I]. The summed E-state index contributed by atoms with van der Waals surface area (Å²) in [5.74, 6) is -1.13. The molecule has 4 amide bonds. The van der Waals surface area contributed by atoms with Crippen molar-refractivity contribution in [3.05, 3.63) is 18.0 Å². The summed E-state index contributed by atoms with van der Waals surface area (Å²) < 4.78 is 11.5. The molecule has 1 aromatic rings. The third-order valence-corrected chi connectivity index (χ3v) is 6.12. The van der Waals surface area contributed by atoms with Crippen molar-refractivity contribution >= 4 is 162 Å². The maximum absolute atomic E-state index is 12.1. The molecule has 1 atom stereocenters. The molecule has 0 spiro atoms. The summed E-state index contributed by atoms with van der Waals surface area (Å²) in [7, 11) is 0. The first-order valence-corrected chi connectivity index (χ1v) is 30.0. The van der Waals surface area contributed by atoms with Crippen LogP contribution in [0.1, 0.15) is 70.3 Å². The Morgan fingerprint density at radius 3 is 1.76 bits per heavy atom. The van der Waals surface area contributed by atoms with Crippen LogP contribution in [-0.2, 0) is 30.4 Å². The second-order valence-corrected chi connectivity index (χ2v) is 49.7. The number of rotatable bonds is 0. The Balaban J connectivity index is -0.000000603.